The average Bonchev–Trinajstić information content (AvgIpc) is 3.21. The Morgan fingerprint density at radius 3 is 2.60 bits per heavy atom. The molecule has 0 bridgehead atoms. The first kappa shape index (κ1) is 15.3. The maximum Gasteiger partial charge on any atom is 0.371 e. The third kappa shape index (κ3) is 2.83. The van der Waals surface area contributed by atoms with Gasteiger partial charge in [-0.1, -0.05) is 42.5 Å². The van der Waals surface area contributed by atoms with E-state index in [0.717, 1.165) is 27.7 Å². The molecule has 4 rings (SSSR count). The van der Waals surface area contributed by atoms with Gasteiger partial charge in [-0.15, -0.1) is 0 Å². The van der Waals surface area contributed by atoms with Gasteiger partial charge in [-0.05, 0) is 41.8 Å². The molecule has 2 N–H and O–H groups in total. The predicted molar refractivity (Wildman–Crippen MR) is 96.9 cm³/mol. The van der Waals surface area contributed by atoms with Crippen LogP contribution >= 0.6 is 0 Å². The van der Waals surface area contributed by atoms with Gasteiger partial charge >= 0.3 is 5.97 Å². The monoisotopic (exact) mass is 331 g/mol. The van der Waals surface area contributed by atoms with Crippen molar-refractivity contribution in [2.75, 3.05) is 0 Å². The lowest BCUT2D eigenvalue weighted by Crippen LogP contribution is -1.93. The molecule has 0 amide bonds. The van der Waals surface area contributed by atoms with Crippen molar-refractivity contribution < 1.29 is 14.3 Å². The molecule has 0 unspecified atom stereocenters. The molecule has 0 aliphatic rings. The number of hydrogen-bond donors (Lipinski definition) is 2. The topological polar surface area (TPSA) is 66.2 Å². The zero-order valence-corrected chi connectivity index (χ0v) is 13.7. The average molecular weight is 331 g/mol. The van der Waals surface area contributed by atoms with E-state index in [1.807, 2.05) is 18.2 Å². The molecule has 0 radical (unpaired) electrons. The van der Waals surface area contributed by atoms with Crippen molar-refractivity contribution in [2.24, 2.45) is 0 Å². The quantitative estimate of drug-likeness (QED) is 0.551. The summed E-state index contributed by atoms with van der Waals surface area (Å²) in [7, 11) is 0. The summed E-state index contributed by atoms with van der Waals surface area (Å²) in [4.78, 5) is 14.6. The van der Waals surface area contributed by atoms with Crippen molar-refractivity contribution in [1.82, 2.24) is 4.98 Å². The third-order valence-corrected chi connectivity index (χ3v) is 4.35. The van der Waals surface area contributed by atoms with Crippen LogP contribution in [0, 0.1) is 6.92 Å². The summed E-state index contributed by atoms with van der Waals surface area (Å²) < 4.78 is 5.47. The molecule has 0 saturated carbocycles. The first-order valence-electron chi connectivity index (χ1n) is 8.10. The SMILES string of the molecule is Cc1ccc2c(Cc3ccc(C(=O)O)o3)c(-c3ccccc3)[nH]c2c1. The van der Waals surface area contributed by atoms with Crippen LogP contribution in [0.3, 0.4) is 0 Å². The normalized spacial score (nSPS) is 11.1. The number of rotatable bonds is 4. The number of aryl methyl sites for hydroxylation is 1. The highest BCUT2D eigenvalue weighted by Crippen LogP contribution is 2.33. The zero-order chi connectivity index (χ0) is 17.4. The smallest absolute Gasteiger partial charge is 0.371 e. The fourth-order valence-corrected chi connectivity index (χ4v) is 3.17. The fourth-order valence-electron chi connectivity index (χ4n) is 3.17. The largest absolute Gasteiger partial charge is 0.475 e. The highest BCUT2D eigenvalue weighted by atomic mass is 16.4. The van der Waals surface area contributed by atoms with Crippen molar-refractivity contribution in [3.05, 3.63) is 83.3 Å². The first-order valence-corrected chi connectivity index (χ1v) is 8.10. The van der Waals surface area contributed by atoms with Crippen molar-refractivity contribution in [1.29, 1.82) is 0 Å². The molecule has 0 aliphatic carbocycles. The lowest BCUT2D eigenvalue weighted by molar-refractivity contribution is 0.0660. The Morgan fingerprint density at radius 1 is 1.08 bits per heavy atom. The number of aromatic carboxylic acids is 1. The van der Waals surface area contributed by atoms with E-state index in [9.17, 15) is 4.79 Å². The summed E-state index contributed by atoms with van der Waals surface area (Å²) in [5.41, 5.74) is 5.49. The van der Waals surface area contributed by atoms with Gasteiger partial charge in [-0.25, -0.2) is 4.79 Å². The van der Waals surface area contributed by atoms with Crippen molar-refractivity contribution in [2.45, 2.75) is 13.3 Å². The number of carbonyl (C=O) groups is 1. The van der Waals surface area contributed by atoms with Crippen LogP contribution in [-0.2, 0) is 6.42 Å². The summed E-state index contributed by atoms with van der Waals surface area (Å²) in [6.45, 7) is 2.06. The molecular formula is C21H17NO3. The highest BCUT2D eigenvalue weighted by molar-refractivity contribution is 5.91. The van der Waals surface area contributed by atoms with Gasteiger partial charge in [0.1, 0.15) is 5.76 Å². The Kier molecular flexibility index (Phi) is 3.65. The molecule has 2 aromatic heterocycles. The van der Waals surface area contributed by atoms with Crippen LogP contribution in [0.15, 0.2) is 65.1 Å². The number of benzene rings is 2. The van der Waals surface area contributed by atoms with Crippen LogP contribution in [0.25, 0.3) is 22.2 Å². The number of hydrogen-bond acceptors (Lipinski definition) is 2. The van der Waals surface area contributed by atoms with E-state index in [-0.39, 0.29) is 5.76 Å². The lowest BCUT2D eigenvalue weighted by Gasteiger charge is -2.04. The molecule has 25 heavy (non-hydrogen) atoms. The lowest BCUT2D eigenvalue weighted by atomic mass is 10.0. The van der Waals surface area contributed by atoms with Crippen LogP contribution in [0.2, 0.25) is 0 Å². The molecule has 4 nitrogen and oxygen atoms in total. The van der Waals surface area contributed by atoms with E-state index >= 15 is 0 Å². The molecule has 2 aromatic carbocycles. The number of fused-ring (bicyclic) bond motifs is 1. The highest BCUT2D eigenvalue weighted by Gasteiger charge is 2.16. The Labute approximate surface area is 144 Å². The van der Waals surface area contributed by atoms with Gasteiger partial charge in [0.05, 0.1) is 5.69 Å². The number of aromatic nitrogens is 1. The van der Waals surface area contributed by atoms with E-state index in [4.69, 9.17) is 9.52 Å². The van der Waals surface area contributed by atoms with Gasteiger partial charge in [0.15, 0.2) is 0 Å². The first-order chi connectivity index (χ1) is 12.1. The summed E-state index contributed by atoms with van der Waals surface area (Å²) >= 11 is 0. The number of aromatic amines is 1. The van der Waals surface area contributed by atoms with E-state index < -0.39 is 5.97 Å². The summed E-state index contributed by atoms with van der Waals surface area (Å²) in [6, 6.07) is 19.7. The molecule has 0 spiro atoms. The van der Waals surface area contributed by atoms with Crippen molar-refractivity contribution in [3.8, 4) is 11.3 Å². The van der Waals surface area contributed by atoms with Gasteiger partial charge in [0.25, 0.3) is 0 Å². The Balaban J connectivity index is 1.86. The Hall–Kier alpha value is -3.27. The maximum atomic E-state index is 11.1. The number of nitrogens with one attached hydrogen (secondary N) is 1. The predicted octanol–water partition coefficient (Wildman–Crippen LogP) is 5.03. The minimum Gasteiger partial charge on any atom is -0.475 e. The molecule has 4 aromatic rings. The molecule has 0 fully saturated rings. The van der Waals surface area contributed by atoms with Crippen LogP contribution in [-0.4, -0.2) is 16.1 Å². The van der Waals surface area contributed by atoms with Gasteiger partial charge < -0.3 is 14.5 Å². The van der Waals surface area contributed by atoms with E-state index in [2.05, 4.69) is 42.2 Å². The van der Waals surface area contributed by atoms with Gasteiger partial charge in [0, 0.05) is 17.3 Å². The number of furan rings is 1. The van der Waals surface area contributed by atoms with Crippen LogP contribution < -0.4 is 0 Å². The van der Waals surface area contributed by atoms with Gasteiger partial charge in [0.2, 0.25) is 5.76 Å². The number of H-pyrrole nitrogens is 1. The summed E-state index contributed by atoms with van der Waals surface area (Å²) in [5.74, 6) is -0.452. The van der Waals surface area contributed by atoms with Crippen molar-refractivity contribution >= 4 is 16.9 Å². The molecule has 0 saturated heterocycles. The van der Waals surface area contributed by atoms with Crippen LogP contribution in [0.1, 0.15) is 27.4 Å². The summed E-state index contributed by atoms with van der Waals surface area (Å²) in [6.07, 6.45) is 0.528. The fraction of sp³-hybridized carbons (Fsp3) is 0.0952. The molecule has 4 heteroatoms. The minimum atomic E-state index is -1.05. The Bertz CT molecular complexity index is 1060. The summed E-state index contributed by atoms with van der Waals surface area (Å²) in [5, 5.41) is 10.2. The molecular weight excluding hydrogens is 314 g/mol. The van der Waals surface area contributed by atoms with E-state index in [1.54, 1.807) is 6.07 Å². The van der Waals surface area contributed by atoms with Crippen LogP contribution in [0.4, 0.5) is 0 Å². The zero-order valence-electron chi connectivity index (χ0n) is 13.7. The van der Waals surface area contributed by atoms with Gasteiger partial charge in [-0.2, -0.15) is 0 Å². The van der Waals surface area contributed by atoms with Crippen molar-refractivity contribution in [3.63, 3.8) is 0 Å². The molecule has 0 aliphatic heterocycles. The second kappa shape index (κ2) is 5.98. The minimum absolute atomic E-state index is 0.0352. The maximum absolute atomic E-state index is 11.1. The second-order valence-electron chi connectivity index (χ2n) is 6.14. The third-order valence-electron chi connectivity index (χ3n) is 4.35. The van der Waals surface area contributed by atoms with Gasteiger partial charge in [-0.3, -0.25) is 0 Å². The second-order valence-corrected chi connectivity index (χ2v) is 6.14. The standard InChI is InChI=1S/C21H17NO3/c1-13-7-9-16-17(12-15-8-10-19(25-15)21(23)24)20(22-18(16)11-13)14-5-3-2-4-6-14/h2-11,22H,12H2,1H3,(H,23,24). The van der Waals surface area contributed by atoms with Crippen LogP contribution in [0.5, 0.6) is 0 Å². The number of carboxylic acids is 1. The molecule has 124 valence electrons. The van der Waals surface area contributed by atoms with E-state index in [0.29, 0.717) is 12.2 Å². The Morgan fingerprint density at radius 2 is 1.88 bits per heavy atom. The molecule has 2 heterocycles. The molecule has 0 atom stereocenters. The van der Waals surface area contributed by atoms with E-state index in [1.165, 1.54) is 11.6 Å². The number of carboxylic acid groups (broad SMARTS) is 1.